The topological polar surface area (TPSA) is 26.3 Å². The molecule has 2 heteroatoms. The molecule has 1 saturated heterocycles. The lowest BCUT2D eigenvalue weighted by molar-refractivity contribution is -0.115. The van der Waals surface area contributed by atoms with Crippen LogP contribution in [0.1, 0.15) is 51.9 Å². The molecule has 2 nitrogen and oxygen atoms in total. The first-order valence-electron chi connectivity index (χ1n) is 10.3. The molecule has 0 amide bonds. The molecular formula is C23H26O2. The van der Waals surface area contributed by atoms with Crippen molar-refractivity contribution in [2.45, 2.75) is 57.5 Å². The average molecular weight is 334 g/mol. The Morgan fingerprint density at radius 3 is 3.00 bits per heavy atom. The predicted octanol–water partition coefficient (Wildman–Crippen LogP) is 4.58. The number of fused-ring (bicyclic) bond motifs is 7. The van der Waals surface area contributed by atoms with Crippen molar-refractivity contribution >= 4 is 5.78 Å². The quantitative estimate of drug-likeness (QED) is 0.606. The van der Waals surface area contributed by atoms with Crippen LogP contribution in [0.3, 0.4) is 0 Å². The Hall–Kier alpha value is -1.31. The van der Waals surface area contributed by atoms with E-state index < -0.39 is 0 Å². The Bertz CT molecular complexity index is 833. The van der Waals surface area contributed by atoms with Crippen LogP contribution < -0.4 is 0 Å². The van der Waals surface area contributed by atoms with Gasteiger partial charge < -0.3 is 4.74 Å². The summed E-state index contributed by atoms with van der Waals surface area (Å²) in [7, 11) is 0. The maximum Gasteiger partial charge on any atom is 0.155 e. The number of ketones is 1. The fourth-order valence-electron chi connectivity index (χ4n) is 8.82. The van der Waals surface area contributed by atoms with Gasteiger partial charge in [-0.2, -0.15) is 0 Å². The minimum Gasteiger partial charge on any atom is -0.491 e. The Labute approximate surface area is 149 Å². The number of carbonyl (C=O) groups excluding carboxylic acids is 1. The largest absolute Gasteiger partial charge is 0.491 e. The Kier molecular flexibility index (Phi) is 2.05. The van der Waals surface area contributed by atoms with Gasteiger partial charge in [-0.05, 0) is 61.9 Å². The zero-order valence-electron chi connectivity index (χ0n) is 15.0. The van der Waals surface area contributed by atoms with E-state index in [1.807, 2.05) is 6.08 Å². The van der Waals surface area contributed by atoms with Crippen molar-refractivity contribution < 1.29 is 9.53 Å². The lowest BCUT2D eigenvalue weighted by Crippen LogP contribution is -2.43. The Morgan fingerprint density at radius 1 is 1.28 bits per heavy atom. The van der Waals surface area contributed by atoms with Gasteiger partial charge in [-0.15, -0.1) is 0 Å². The van der Waals surface area contributed by atoms with Crippen molar-refractivity contribution in [2.75, 3.05) is 0 Å². The van der Waals surface area contributed by atoms with Gasteiger partial charge in [0.25, 0.3) is 0 Å². The number of carbonyl (C=O) groups is 1. The van der Waals surface area contributed by atoms with Crippen molar-refractivity contribution in [2.24, 2.45) is 40.4 Å². The molecule has 0 bridgehead atoms. The van der Waals surface area contributed by atoms with Gasteiger partial charge in [-0.1, -0.05) is 30.7 Å². The first kappa shape index (κ1) is 13.8. The smallest absolute Gasteiger partial charge is 0.155 e. The summed E-state index contributed by atoms with van der Waals surface area (Å²) in [5.74, 6) is 5.29. The highest BCUT2D eigenvalue weighted by molar-refractivity contribution is 5.92. The number of rotatable bonds is 0. The molecule has 1 heterocycles. The van der Waals surface area contributed by atoms with Crippen molar-refractivity contribution in [1.82, 2.24) is 0 Å². The van der Waals surface area contributed by atoms with Gasteiger partial charge in [0.2, 0.25) is 0 Å². The van der Waals surface area contributed by atoms with E-state index in [9.17, 15) is 4.79 Å². The molecule has 0 aromatic heterocycles. The van der Waals surface area contributed by atoms with Gasteiger partial charge in [0.1, 0.15) is 5.60 Å². The van der Waals surface area contributed by atoms with E-state index in [1.165, 1.54) is 31.3 Å². The lowest BCUT2D eigenvalue weighted by atomic mass is 9.53. The summed E-state index contributed by atoms with van der Waals surface area (Å²) in [6.45, 7) is 6.58. The number of hydrogen-bond acceptors (Lipinski definition) is 2. The van der Waals surface area contributed by atoms with E-state index in [2.05, 4.69) is 19.6 Å². The van der Waals surface area contributed by atoms with Gasteiger partial charge in [0, 0.05) is 29.6 Å². The summed E-state index contributed by atoms with van der Waals surface area (Å²) in [6, 6.07) is 0. The number of allylic oxidation sites excluding steroid dienone is 5. The second-order valence-corrected chi connectivity index (χ2v) is 10.3. The van der Waals surface area contributed by atoms with Crippen LogP contribution in [0, 0.1) is 40.4 Å². The maximum absolute atomic E-state index is 12.1. The fraction of sp³-hybridized carbons (Fsp3) is 0.696. The van der Waals surface area contributed by atoms with Crippen LogP contribution in [-0.2, 0) is 9.53 Å². The maximum atomic E-state index is 12.1. The molecule has 7 aliphatic rings. The molecule has 4 saturated carbocycles. The van der Waals surface area contributed by atoms with Gasteiger partial charge in [0.15, 0.2) is 5.78 Å². The summed E-state index contributed by atoms with van der Waals surface area (Å²) in [5, 5.41) is 0. The fourth-order valence-corrected chi connectivity index (χ4v) is 8.82. The van der Waals surface area contributed by atoms with E-state index in [1.54, 1.807) is 5.57 Å². The molecule has 25 heavy (non-hydrogen) atoms. The summed E-state index contributed by atoms with van der Waals surface area (Å²) in [4.78, 5) is 12.1. The van der Waals surface area contributed by atoms with E-state index in [4.69, 9.17) is 4.74 Å². The molecule has 0 N–H and O–H groups in total. The monoisotopic (exact) mass is 334 g/mol. The van der Waals surface area contributed by atoms with Crippen LogP contribution in [0.15, 0.2) is 35.6 Å². The third-order valence-corrected chi connectivity index (χ3v) is 9.75. The summed E-state index contributed by atoms with van der Waals surface area (Å²) < 4.78 is 6.40. The molecule has 0 aromatic carbocycles. The number of hydrogen-bond donors (Lipinski definition) is 0. The van der Waals surface area contributed by atoms with E-state index in [0.717, 1.165) is 48.7 Å². The molecule has 130 valence electrons. The SMILES string of the molecule is C=C1CC2C34CC=C5C(C6CC6C6=CC(=O)CCC65C)C3CC[C@@]24O1. The van der Waals surface area contributed by atoms with Crippen molar-refractivity contribution in [3.8, 4) is 0 Å². The van der Waals surface area contributed by atoms with Crippen molar-refractivity contribution in [1.29, 1.82) is 0 Å². The Morgan fingerprint density at radius 2 is 2.16 bits per heavy atom. The van der Waals surface area contributed by atoms with Crippen LogP contribution >= 0.6 is 0 Å². The molecule has 6 aliphatic carbocycles. The molecule has 0 radical (unpaired) electrons. The third-order valence-electron chi connectivity index (χ3n) is 9.75. The molecule has 2 spiro atoms. The molecule has 1 aliphatic heterocycles. The first-order chi connectivity index (χ1) is 12.0. The zero-order valence-corrected chi connectivity index (χ0v) is 15.0. The first-order valence-corrected chi connectivity index (χ1v) is 10.3. The lowest BCUT2D eigenvalue weighted by Gasteiger charge is -2.51. The van der Waals surface area contributed by atoms with Crippen LogP contribution in [0.2, 0.25) is 0 Å². The second kappa shape index (κ2) is 3.70. The highest BCUT2D eigenvalue weighted by Gasteiger charge is 2.87. The average Bonchev–Trinajstić information content (AvgIpc) is 3.37. The third kappa shape index (κ3) is 1.23. The van der Waals surface area contributed by atoms with Gasteiger partial charge in [-0.3, -0.25) is 4.79 Å². The van der Waals surface area contributed by atoms with Crippen LogP contribution in [0.25, 0.3) is 0 Å². The van der Waals surface area contributed by atoms with Crippen LogP contribution in [0.4, 0.5) is 0 Å². The molecular weight excluding hydrogens is 308 g/mol. The minimum atomic E-state index is 0.167. The highest BCUT2D eigenvalue weighted by Crippen LogP contribution is 2.86. The standard InChI is InChI=1S/C23H26O2/c1-12-9-19-22-7-4-16-20(17(22)5-8-23(19,22)25-12)15-11-14(15)18-10-13(24)3-6-21(16,18)2/h4,10,14-15,17,19-20H,1,3,5-9,11H2,2H3/t14?,15?,17?,19?,20?,21?,22?,23-/m1/s1. The zero-order chi connectivity index (χ0) is 16.8. The van der Waals surface area contributed by atoms with E-state index in [-0.39, 0.29) is 11.0 Å². The summed E-state index contributed by atoms with van der Waals surface area (Å²) in [6.07, 6.45) is 12.7. The highest BCUT2D eigenvalue weighted by atomic mass is 16.5. The minimum absolute atomic E-state index is 0.167. The molecule has 5 fully saturated rings. The Balaban J connectivity index is 1.37. The summed E-state index contributed by atoms with van der Waals surface area (Å²) in [5.41, 5.74) is 4.02. The van der Waals surface area contributed by atoms with Gasteiger partial charge >= 0.3 is 0 Å². The summed E-state index contributed by atoms with van der Waals surface area (Å²) >= 11 is 0. The molecule has 8 atom stereocenters. The van der Waals surface area contributed by atoms with Crippen LogP contribution in [-0.4, -0.2) is 11.4 Å². The second-order valence-electron chi connectivity index (χ2n) is 10.3. The molecule has 0 aromatic rings. The van der Waals surface area contributed by atoms with Gasteiger partial charge in [-0.25, -0.2) is 0 Å². The van der Waals surface area contributed by atoms with Gasteiger partial charge in [0.05, 0.1) is 5.76 Å². The van der Waals surface area contributed by atoms with E-state index >= 15 is 0 Å². The van der Waals surface area contributed by atoms with Crippen molar-refractivity contribution in [3.05, 3.63) is 35.6 Å². The van der Waals surface area contributed by atoms with Crippen LogP contribution in [0.5, 0.6) is 0 Å². The normalized spacial score (nSPS) is 59.3. The molecule has 7 unspecified atom stereocenters. The molecule has 7 rings (SSSR count). The predicted molar refractivity (Wildman–Crippen MR) is 94.4 cm³/mol. The van der Waals surface area contributed by atoms with E-state index in [0.29, 0.717) is 17.1 Å². The number of ether oxygens (including phenoxy) is 1. The van der Waals surface area contributed by atoms with Crippen molar-refractivity contribution in [3.63, 3.8) is 0 Å².